The van der Waals surface area contributed by atoms with E-state index < -0.39 is 29.1 Å². The smallest absolute Gasteiger partial charge is 0.417 e. The van der Waals surface area contributed by atoms with Crippen molar-refractivity contribution in [3.63, 3.8) is 0 Å². The molecule has 0 atom stereocenters. The number of alkyl halides is 3. The summed E-state index contributed by atoms with van der Waals surface area (Å²) < 4.78 is 38.5. The summed E-state index contributed by atoms with van der Waals surface area (Å²) in [6.07, 6.45) is -0.477. The van der Waals surface area contributed by atoms with Gasteiger partial charge in [-0.3, -0.25) is 20.4 Å². The summed E-state index contributed by atoms with van der Waals surface area (Å²) in [5.41, 5.74) is 2.93. The van der Waals surface area contributed by atoms with E-state index in [2.05, 4.69) is 5.43 Å². The van der Waals surface area contributed by atoms with E-state index in [-0.39, 0.29) is 12.2 Å². The quantitative estimate of drug-likeness (QED) is 0.740. The number of allylic oxidation sites excluding steroid dienone is 3. The number of amides is 2. The Balaban J connectivity index is 1.97. The van der Waals surface area contributed by atoms with Crippen LogP contribution < -0.4 is 10.9 Å². The molecular weight excluding hydrogens is 325 g/mol. The summed E-state index contributed by atoms with van der Waals surface area (Å²) in [5.74, 6) is -1.51. The lowest BCUT2D eigenvalue weighted by atomic mass is 10.0. The van der Waals surface area contributed by atoms with Gasteiger partial charge in [0.15, 0.2) is 0 Å². The summed E-state index contributed by atoms with van der Waals surface area (Å²) in [4.78, 5) is 23.6. The van der Waals surface area contributed by atoms with Crippen molar-refractivity contribution in [3.05, 3.63) is 58.9 Å². The molecule has 0 radical (unpaired) electrons. The molecule has 5 nitrogen and oxygen atoms in total. The van der Waals surface area contributed by atoms with Crippen LogP contribution >= 0.6 is 0 Å². The van der Waals surface area contributed by atoms with E-state index in [9.17, 15) is 27.9 Å². The third-order valence-corrected chi connectivity index (χ3v) is 3.32. The second-order valence-corrected chi connectivity index (χ2v) is 5.18. The van der Waals surface area contributed by atoms with Gasteiger partial charge in [-0.2, -0.15) is 13.2 Å². The molecule has 0 aromatic heterocycles. The van der Waals surface area contributed by atoms with Gasteiger partial charge in [0.2, 0.25) is 5.91 Å². The zero-order valence-corrected chi connectivity index (χ0v) is 12.5. The number of halogens is 3. The minimum Gasteiger partial charge on any atom is -0.512 e. The second-order valence-electron chi connectivity index (χ2n) is 5.18. The second kappa shape index (κ2) is 7.20. The van der Waals surface area contributed by atoms with Crippen LogP contribution in [-0.2, 0) is 11.0 Å². The van der Waals surface area contributed by atoms with Crippen molar-refractivity contribution in [2.75, 3.05) is 0 Å². The summed E-state index contributed by atoms with van der Waals surface area (Å²) in [7, 11) is 0. The predicted octanol–water partition coefficient (Wildman–Crippen LogP) is 3.02. The number of aliphatic hydroxyl groups is 1. The standard InChI is InChI=1S/C16H15F3N2O3/c17-16(18,19)13-7-2-1-6-12(13)15(24)21-20-14(23)9-10-4-3-5-11(22)8-10/h1-2,4,6-8,22H,3,5,9H2,(H,20,23)(H,21,24). The van der Waals surface area contributed by atoms with Gasteiger partial charge < -0.3 is 5.11 Å². The van der Waals surface area contributed by atoms with Gasteiger partial charge in [-0.05, 0) is 30.2 Å². The molecule has 2 amide bonds. The third-order valence-electron chi connectivity index (χ3n) is 3.32. The minimum absolute atomic E-state index is 0.106. The maximum Gasteiger partial charge on any atom is 0.417 e. The molecule has 0 saturated heterocycles. The van der Waals surface area contributed by atoms with Gasteiger partial charge in [-0.1, -0.05) is 18.2 Å². The molecule has 0 unspecified atom stereocenters. The van der Waals surface area contributed by atoms with Crippen molar-refractivity contribution in [1.82, 2.24) is 10.9 Å². The Morgan fingerprint density at radius 3 is 2.54 bits per heavy atom. The number of carbonyl (C=O) groups excluding carboxylic acids is 2. The number of hydrogen-bond donors (Lipinski definition) is 3. The summed E-state index contributed by atoms with van der Waals surface area (Å²) in [6.45, 7) is 0. The first-order chi connectivity index (χ1) is 11.3. The minimum atomic E-state index is -4.67. The molecule has 1 aliphatic carbocycles. The highest BCUT2D eigenvalue weighted by Gasteiger charge is 2.34. The van der Waals surface area contributed by atoms with Gasteiger partial charge in [0.1, 0.15) is 0 Å². The van der Waals surface area contributed by atoms with Crippen LogP contribution in [0.25, 0.3) is 0 Å². The van der Waals surface area contributed by atoms with Crippen LogP contribution in [0.1, 0.15) is 35.2 Å². The van der Waals surface area contributed by atoms with Crippen LogP contribution in [0.15, 0.2) is 47.7 Å². The lowest BCUT2D eigenvalue weighted by molar-refractivity contribution is -0.137. The van der Waals surface area contributed by atoms with Crippen molar-refractivity contribution in [3.8, 4) is 0 Å². The molecule has 1 aromatic rings. The van der Waals surface area contributed by atoms with Crippen molar-refractivity contribution in [1.29, 1.82) is 0 Å². The van der Waals surface area contributed by atoms with E-state index in [0.717, 1.165) is 12.1 Å². The fourth-order valence-corrected chi connectivity index (χ4v) is 2.23. The Kier molecular flexibility index (Phi) is 5.28. The van der Waals surface area contributed by atoms with Crippen LogP contribution in [0.5, 0.6) is 0 Å². The molecular formula is C16H15F3N2O3. The first-order valence-corrected chi connectivity index (χ1v) is 7.11. The molecule has 8 heteroatoms. The van der Waals surface area contributed by atoms with Gasteiger partial charge >= 0.3 is 6.18 Å². The molecule has 0 fully saturated rings. The molecule has 2 rings (SSSR count). The van der Waals surface area contributed by atoms with Gasteiger partial charge in [-0.15, -0.1) is 0 Å². The zero-order valence-electron chi connectivity index (χ0n) is 12.5. The van der Waals surface area contributed by atoms with Crippen molar-refractivity contribution in [2.45, 2.75) is 25.4 Å². The molecule has 1 aromatic carbocycles. The highest BCUT2D eigenvalue weighted by atomic mass is 19.4. The van der Waals surface area contributed by atoms with Crippen molar-refractivity contribution < 1.29 is 27.9 Å². The summed E-state index contributed by atoms with van der Waals surface area (Å²) in [5, 5.41) is 9.38. The first-order valence-electron chi connectivity index (χ1n) is 7.11. The number of hydrogen-bond acceptors (Lipinski definition) is 3. The molecule has 24 heavy (non-hydrogen) atoms. The van der Waals surface area contributed by atoms with Crippen LogP contribution in [-0.4, -0.2) is 16.9 Å². The van der Waals surface area contributed by atoms with Crippen LogP contribution in [0.4, 0.5) is 13.2 Å². The lowest BCUT2D eigenvalue weighted by Gasteiger charge is -2.13. The fourth-order valence-electron chi connectivity index (χ4n) is 2.23. The molecule has 0 aliphatic heterocycles. The number of hydrazine groups is 1. The average Bonchev–Trinajstić information content (AvgIpc) is 2.52. The van der Waals surface area contributed by atoms with E-state index in [1.165, 1.54) is 18.2 Å². The van der Waals surface area contributed by atoms with Gasteiger partial charge in [-0.25, -0.2) is 0 Å². The fraction of sp³-hybridized carbons (Fsp3) is 0.250. The molecule has 0 bridgehead atoms. The molecule has 0 saturated carbocycles. The lowest BCUT2D eigenvalue weighted by Crippen LogP contribution is -2.42. The largest absolute Gasteiger partial charge is 0.512 e. The van der Waals surface area contributed by atoms with E-state index in [0.29, 0.717) is 18.4 Å². The maximum atomic E-state index is 12.8. The molecule has 3 N–H and O–H groups in total. The average molecular weight is 340 g/mol. The van der Waals surface area contributed by atoms with E-state index in [1.54, 1.807) is 6.08 Å². The number of aliphatic hydroxyl groups excluding tert-OH is 1. The zero-order chi connectivity index (χ0) is 17.7. The van der Waals surface area contributed by atoms with E-state index >= 15 is 0 Å². The summed E-state index contributed by atoms with van der Waals surface area (Å²) >= 11 is 0. The number of nitrogens with one attached hydrogen (secondary N) is 2. The highest BCUT2D eigenvalue weighted by Crippen LogP contribution is 2.31. The Hall–Kier alpha value is -2.77. The first kappa shape index (κ1) is 17.6. The van der Waals surface area contributed by atoms with Crippen molar-refractivity contribution in [2.24, 2.45) is 0 Å². The summed E-state index contributed by atoms with van der Waals surface area (Å²) in [6, 6.07) is 4.28. The van der Waals surface area contributed by atoms with Gasteiger partial charge in [0, 0.05) is 6.42 Å². The Labute approximate surface area is 135 Å². The predicted molar refractivity (Wildman–Crippen MR) is 79.7 cm³/mol. The Morgan fingerprint density at radius 2 is 1.88 bits per heavy atom. The number of benzene rings is 1. The van der Waals surface area contributed by atoms with E-state index in [1.807, 2.05) is 5.43 Å². The van der Waals surface area contributed by atoms with E-state index in [4.69, 9.17) is 0 Å². The molecule has 1 aliphatic rings. The topological polar surface area (TPSA) is 78.4 Å². The van der Waals surface area contributed by atoms with Crippen LogP contribution in [0.3, 0.4) is 0 Å². The number of rotatable bonds is 3. The van der Waals surface area contributed by atoms with Crippen LogP contribution in [0, 0.1) is 0 Å². The molecule has 0 spiro atoms. The van der Waals surface area contributed by atoms with Gasteiger partial charge in [0.25, 0.3) is 5.91 Å². The Bertz CT molecular complexity index is 709. The Morgan fingerprint density at radius 1 is 1.17 bits per heavy atom. The SMILES string of the molecule is O=C(CC1=CCCC(O)=C1)NNC(=O)c1ccccc1C(F)(F)F. The molecule has 0 heterocycles. The third kappa shape index (κ3) is 4.61. The molecule has 128 valence electrons. The maximum absolute atomic E-state index is 12.8. The monoisotopic (exact) mass is 340 g/mol. The van der Waals surface area contributed by atoms with Crippen LogP contribution in [0.2, 0.25) is 0 Å². The highest BCUT2D eigenvalue weighted by molar-refractivity contribution is 5.97. The normalized spacial score (nSPS) is 14.5. The van der Waals surface area contributed by atoms with Gasteiger partial charge in [0.05, 0.1) is 23.3 Å². The van der Waals surface area contributed by atoms with Crippen molar-refractivity contribution >= 4 is 11.8 Å². The number of carbonyl (C=O) groups is 2.